The van der Waals surface area contributed by atoms with E-state index in [0.717, 1.165) is 6.92 Å². The molecule has 0 saturated heterocycles. The molecule has 7 nitrogen and oxygen atoms in total. The summed E-state index contributed by atoms with van der Waals surface area (Å²) in [5, 5.41) is 13.6. The zero-order chi connectivity index (χ0) is 20.0. The minimum Gasteiger partial charge on any atom is -0.463 e. The van der Waals surface area contributed by atoms with Crippen molar-refractivity contribution in [3.63, 3.8) is 0 Å². The maximum absolute atomic E-state index is 15.7. The number of non-ortho nitro benzene ring substituents is 1. The molecule has 0 spiro atoms. The summed E-state index contributed by atoms with van der Waals surface area (Å²) >= 11 is 0. The number of rotatable bonds is 8. The highest BCUT2D eigenvalue weighted by atomic mass is 19.1. The largest absolute Gasteiger partial charge is 0.463 e. The van der Waals surface area contributed by atoms with Crippen LogP contribution in [-0.2, 0) is 14.3 Å². The van der Waals surface area contributed by atoms with Crippen LogP contribution in [0.1, 0.15) is 25.5 Å². The zero-order valence-corrected chi connectivity index (χ0v) is 14.8. The number of nitro groups is 1. The third-order valence-corrected chi connectivity index (χ3v) is 4.00. The van der Waals surface area contributed by atoms with Crippen molar-refractivity contribution in [3.8, 4) is 0 Å². The Hall–Kier alpha value is -3.29. The molecular formula is C19H19FN2O5. The highest BCUT2D eigenvalue weighted by Crippen LogP contribution is 2.35. The van der Waals surface area contributed by atoms with E-state index in [1.54, 1.807) is 30.3 Å². The molecule has 2 unspecified atom stereocenters. The van der Waals surface area contributed by atoms with E-state index < -0.39 is 28.4 Å². The quantitative estimate of drug-likeness (QED) is 0.328. The average molecular weight is 374 g/mol. The molecule has 2 atom stereocenters. The number of hydrogen-bond acceptors (Lipinski definition) is 6. The summed E-state index contributed by atoms with van der Waals surface area (Å²) in [7, 11) is 0. The summed E-state index contributed by atoms with van der Waals surface area (Å²) < 4.78 is 20.5. The number of carbonyl (C=O) groups is 2. The van der Waals surface area contributed by atoms with E-state index in [2.05, 4.69) is 5.32 Å². The molecule has 0 heterocycles. The minimum atomic E-state index is -2.97. The molecule has 0 aromatic heterocycles. The second-order valence-electron chi connectivity index (χ2n) is 5.78. The van der Waals surface area contributed by atoms with Crippen molar-refractivity contribution < 1.29 is 23.6 Å². The first-order chi connectivity index (χ1) is 12.8. The number of carbonyl (C=O) groups excluding carboxylic acids is 2. The van der Waals surface area contributed by atoms with Gasteiger partial charge in [-0.25, -0.2) is 9.18 Å². The third-order valence-electron chi connectivity index (χ3n) is 4.00. The first-order valence-electron chi connectivity index (χ1n) is 8.23. The lowest BCUT2D eigenvalue weighted by Crippen LogP contribution is -2.50. The van der Waals surface area contributed by atoms with Crippen molar-refractivity contribution in [3.05, 3.63) is 70.3 Å². The molecule has 0 radical (unpaired) electrons. The van der Waals surface area contributed by atoms with Crippen LogP contribution in [0.2, 0.25) is 0 Å². The van der Waals surface area contributed by atoms with E-state index in [-0.39, 0.29) is 12.3 Å². The second-order valence-corrected chi connectivity index (χ2v) is 5.78. The van der Waals surface area contributed by atoms with Gasteiger partial charge in [0.1, 0.15) is 6.04 Å². The molecule has 8 heteroatoms. The first-order valence-corrected chi connectivity index (χ1v) is 8.23. The van der Waals surface area contributed by atoms with E-state index in [4.69, 9.17) is 4.74 Å². The SMILES string of the molecule is CCOC(=O)C(F)(C(C)=O)C(Nc1ccc([N+](=O)[O-])cc1)c1ccccc1. The summed E-state index contributed by atoms with van der Waals surface area (Å²) in [5.74, 6) is -2.30. The van der Waals surface area contributed by atoms with Gasteiger partial charge in [0.2, 0.25) is 0 Å². The Kier molecular flexibility index (Phi) is 6.23. The van der Waals surface area contributed by atoms with Crippen molar-refractivity contribution in [1.82, 2.24) is 0 Å². The number of Topliss-reactive ketones (excluding diaryl/α,β-unsaturated/α-hetero) is 1. The van der Waals surface area contributed by atoms with Gasteiger partial charge < -0.3 is 10.1 Å². The number of benzene rings is 2. The molecule has 27 heavy (non-hydrogen) atoms. The molecule has 2 rings (SSSR count). The van der Waals surface area contributed by atoms with Crippen LogP contribution in [0.25, 0.3) is 0 Å². The van der Waals surface area contributed by atoms with Crippen molar-refractivity contribution in [2.45, 2.75) is 25.6 Å². The van der Waals surface area contributed by atoms with Gasteiger partial charge in [0.05, 0.1) is 11.5 Å². The van der Waals surface area contributed by atoms with Crippen molar-refractivity contribution >= 4 is 23.1 Å². The fraction of sp³-hybridized carbons (Fsp3) is 0.263. The summed E-state index contributed by atoms with van der Waals surface area (Å²) in [4.78, 5) is 34.7. The Bertz CT molecular complexity index is 826. The van der Waals surface area contributed by atoms with Crippen LogP contribution in [0, 0.1) is 10.1 Å². The van der Waals surface area contributed by atoms with Gasteiger partial charge in [-0.15, -0.1) is 0 Å². The topological polar surface area (TPSA) is 98.5 Å². The Morgan fingerprint density at radius 2 is 1.78 bits per heavy atom. The number of ether oxygens (including phenoxy) is 1. The lowest BCUT2D eigenvalue weighted by atomic mass is 9.86. The molecule has 0 fully saturated rings. The molecule has 0 bridgehead atoms. The van der Waals surface area contributed by atoms with Gasteiger partial charge in [-0.1, -0.05) is 30.3 Å². The van der Waals surface area contributed by atoms with Crippen LogP contribution < -0.4 is 5.32 Å². The Balaban J connectivity index is 2.49. The standard InChI is InChI=1S/C19H19FN2O5/c1-3-27-18(24)19(20,13(2)23)17(14-7-5-4-6-8-14)21-15-9-11-16(12-10-15)22(25)26/h4-12,17,21H,3H2,1-2H3. The fourth-order valence-electron chi connectivity index (χ4n) is 2.60. The number of hydrogen-bond donors (Lipinski definition) is 1. The van der Waals surface area contributed by atoms with Crippen molar-refractivity contribution in [2.24, 2.45) is 0 Å². The normalized spacial score (nSPS) is 13.9. The van der Waals surface area contributed by atoms with Crippen LogP contribution in [0.4, 0.5) is 15.8 Å². The van der Waals surface area contributed by atoms with Crippen molar-refractivity contribution in [1.29, 1.82) is 0 Å². The number of anilines is 1. The maximum atomic E-state index is 15.7. The van der Waals surface area contributed by atoms with Gasteiger partial charge in [-0.05, 0) is 31.5 Å². The lowest BCUT2D eigenvalue weighted by molar-refractivity contribution is -0.384. The van der Waals surface area contributed by atoms with E-state index in [9.17, 15) is 19.7 Å². The average Bonchev–Trinajstić information content (AvgIpc) is 2.66. The summed E-state index contributed by atoms with van der Waals surface area (Å²) in [6.07, 6.45) is 0. The van der Waals surface area contributed by atoms with E-state index in [1.807, 2.05) is 0 Å². The lowest BCUT2D eigenvalue weighted by Gasteiger charge is -2.31. The van der Waals surface area contributed by atoms with Gasteiger partial charge in [0.15, 0.2) is 5.78 Å². The summed E-state index contributed by atoms with van der Waals surface area (Å²) in [6.45, 7) is 2.40. The van der Waals surface area contributed by atoms with E-state index >= 15 is 4.39 Å². The minimum absolute atomic E-state index is 0.0865. The summed E-state index contributed by atoms with van der Waals surface area (Å²) in [5.41, 5.74) is -2.46. The Morgan fingerprint density at radius 1 is 1.19 bits per heavy atom. The number of nitrogens with zero attached hydrogens (tertiary/aromatic N) is 1. The molecule has 0 aliphatic rings. The molecule has 0 amide bonds. The smallest absolute Gasteiger partial charge is 0.354 e. The number of alkyl halides is 1. The van der Waals surface area contributed by atoms with Gasteiger partial charge in [0.25, 0.3) is 11.4 Å². The maximum Gasteiger partial charge on any atom is 0.354 e. The fourth-order valence-corrected chi connectivity index (χ4v) is 2.60. The Labute approximate surface area is 155 Å². The monoisotopic (exact) mass is 374 g/mol. The highest BCUT2D eigenvalue weighted by molar-refractivity contribution is 6.07. The van der Waals surface area contributed by atoms with Gasteiger partial charge in [0, 0.05) is 17.8 Å². The molecular weight excluding hydrogens is 355 g/mol. The van der Waals surface area contributed by atoms with E-state index in [0.29, 0.717) is 11.3 Å². The molecule has 142 valence electrons. The first kappa shape index (κ1) is 20.0. The van der Waals surface area contributed by atoms with Crippen LogP contribution in [-0.4, -0.2) is 29.0 Å². The highest BCUT2D eigenvalue weighted by Gasteiger charge is 2.53. The molecule has 0 aliphatic carbocycles. The summed E-state index contributed by atoms with van der Waals surface area (Å²) in [6, 6.07) is 12.0. The van der Waals surface area contributed by atoms with Gasteiger partial charge >= 0.3 is 5.97 Å². The third kappa shape index (κ3) is 4.28. The number of ketones is 1. The van der Waals surface area contributed by atoms with Gasteiger partial charge in [-0.3, -0.25) is 14.9 Å². The zero-order valence-electron chi connectivity index (χ0n) is 14.8. The van der Waals surface area contributed by atoms with Crippen molar-refractivity contribution in [2.75, 3.05) is 11.9 Å². The number of esters is 1. The van der Waals surface area contributed by atoms with Crippen LogP contribution >= 0.6 is 0 Å². The predicted octanol–water partition coefficient (Wildman–Crippen LogP) is 3.61. The van der Waals surface area contributed by atoms with Crippen LogP contribution in [0.3, 0.4) is 0 Å². The predicted molar refractivity (Wildman–Crippen MR) is 97.1 cm³/mol. The molecule has 0 aliphatic heterocycles. The number of nitro benzene ring substituents is 1. The number of nitrogens with one attached hydrogen (secondary N) is 1. The van der Waals surface area contributed by atoms with Gasteiger partial charge in [-0.2, -0.15) is 0 Å². The molecule has 2 aromatic carbocycles. The second kappa shape index (κ2) is 8.39. The van der Waals surface area contributed by atoms with Crippen LogP contribution in [0.5, 0.6) is 0 Å². The van der Waals surface area contributed by atoms with Crippen LogP contribution in [0.15, 0.2) is 54.6 Å². The Morgan fingerprint density at radius 3 is 2.26 bits per heavy atom. The molecule has 0 saturated carbocycles. The molecule has 1 N–H and O–H groups in total. The van der Waals surface area contributed by atoms with E-state index in [1.165, 1.54) is 31.2 Å². The molecule has 2 aromatic rings. The number of halogens is 1.